The van der Waals surface area contributed by atoms with Crippen molar-refractivity contribution < 1.29 is 15.0 Å². The van der Waals surface area contributed by atoms with Gasteiger partial charge in [0.1, 0.15) is 18.3 Å². The number of aromatic hydroxyl groups is 2. The molecular formula is C28H44O3. The van der Waals surface area contributed by atoms with Gasteiger partial charge in [-0.3, -0.25) is 0 Å². The molecular weight excluding hydrogens is 384 g/mol. The summed E-state index contributed by atoms with van der Waals surface area (Å²) in [6, 6.07) is 16.4. The average Bonchev–Trinajstić information content (AvgIpc) is 2.80. The maximum Gasteiger partial charge on any atom is 0.118 e. The van der Waals surface area contributed by atoms with Crippen molar-refractivity contribution in [3.63, 3.8) is 0 Å². The van der Waals surface area contributed by atoms with Crippen LogP contribution in [0.1, 0.15) is 96.0 Å². The first-order valence-electron chi connectivity index (χ1n) is 12.0. The summed E-state index contributed by atoms with van der Waals surface area (Å²) < 4.78 is 0. The zero-order chi connectivity index (χ0) is 23.0. The molecule has 0 fully saturated rings. The van der Waals surface area contributed by atoms with Crippen LogP contribution in [-0.4, -0.2) is 17.0 Å². The minimum absolute atomic E-state index is 0.322. The van der Waals surface area contributed by atoms with Gasteiger partial charge in [-0.1, -0.05) is 120 Å². The predicted molar refractivity (Wildman–Crippen MR) is 133 cm³/mol. The number of benzene rings is 2. The Labute approximate surface area is 190 Å². The lowest BCUT2D eigenvalue weighted by molar-refractivity contribution is -0.0979. The molecule has 0 atom stereocenters. The van der Waals surface area contributed by atoms with Gasteiger partial charge in [0.05, 0.1) is 0 Å². The zero-order valence-corrected chi connectivity index (χ0v) is 19.6. The smallest absolute Gasteiger partial charge is 0.118 e. The first kappa shape index (κ1) is 28.7. The van der Waals surface area contributed by atoms with Gasteiger partial charge in [0.2, 0.25) is 0 Å². The summed E-state index contributed by atoms with van der Waals surface area (Å²) in [6.45, 7) is 4.28. The summed E-state index contributed by atoms with van der Waals surface area (Å²) in [5.41, 5.74) is 1.10. The molecule has 0 aliphatic rings. The molecule has 2 aromatic rings. The van der Waals surface area contributed by atoms with E-state index in [1.165, 1.54) is 83.5 Å². The molecule has 0 aliphatic carbocycles. The van der Waals surface area contributed by atoms with Gasteiger partial charge in [-0.2, -0.15) is 0 Å². The maximum atomic E-state index is 9.70. The zero-order valence-electron chi connectivity index (χ0n) is 19.6. The second kappa shape index (κ2) is 22.4. The van der Waals surface area contributed by atoms with Crippen molar-refractivity contribution in [2.24, 2.45) is 0 Å². The molecule has 0 spiro atoms. The van der Waals surface area contributed by atoms with Crippen molar-refractivity contribution in [1.82, 2.24) is 0 Å². The van der Waals surface area contributed by atoms with Crippen LogP contribution in [0.2, 0.25) is 0 Å². The van der Waals surface area contributed by atoms with E-state index in [9.17, 15) is 5.11 Å². The van der Waals surface area contributed by atoms with Crippen molar-refractivity contribution in [3.8, 4) is 11.5 Å². The van der Waals surface area contributed by atoms with Gasteiger partial charge in [-0.15, -0.1) is 0 Å². The van der Waals surface area contributed by atoms with Crippen molar-refractivity contribution >= 4 is 6.79 Å². The Balaban J connectivity index is 0.000000831. The van der Waals surface area contributed by atoms with E-state index in [1.807, 2.05) is 31.1 Å². The average molecular weight is 429 g/mol. The Hall–Kier alpha value is -2.29. The van der Waals surface area contributed by atoms with Crippen molar-refractivity contribution in [3.05, 3.63) is 60.2 Å². The Kier molecular flexibility index (Phi) is 20.7. The highest BCUT2D eigenvalue weighted by molar-refractivity contribution is 5.31. The Morgan fingerprint density at radius 2 is 1.00 bits per heavy atom. The molecule has 0 aromatic heterocycles. The third-order valence-electron chi connectivity index (χ3n) is 5.30. The number of unbranched alkanes of at least 4 members (excludes halogenated alkanes) is 12. The predicted octanol–water partition coefficient (Wildman–Crippen LogP) is 8.23. The topological polar surface area (TPSA) is 57.5 Å². The van der Waals surface area contributed by atoms with Crippen LogP contribution in [0.15, 0.2) is 54.6 Å². The Bertz CT molecular complexity index is 613. The Morgan fingerprint density at radius 3 is 1.42 bits per heavy atom. The minimum atomic E-state index is 0.322. The van der Waals surface area contributed by atoms with Crippen LogP contribution in [0.25, 0.3) is 0 Å². The normalized spacial score (nSPS) is 9.84. The molecule has 2 rings (SSSR count). The van der Waals surface area contributed by atoms with Crippen LogP contribution in [-0.2, 0) is 11.2 Å². The van der Waals surface area contributed by atoms with Crippen molar-refractivity contribution in [2.45, 2.75) is 96.8 Å². The third kappa shape index (κ3) is 18.2. The van der Waals surface area contributed by atoms with E-state index in [0.29, 0.717) is 11.5 Å². The molecule has 3 nitrogen and oxygen atoms in total. The number of para-hydroxylation sites is 2. The van der Waals surface area contributed by atoms with Crippen LogP contribution in [0.4, 0.5) is 0 Å². The van der Waals surface area contributed by atoms with E-state index in [2.05, 4.69) is 6.92 Å². The summed E-state index contributed by atoms with van der Waals surface area (Å²) in [7, 11) is 0. The number of carbonyl (C=O) groups is 1. The van der Waals surface area contributed by atoms with E-state index in [-0.39, 0.29) is 0 Å². The Morgan fingerprint density at radius 1 is 0.581 bits per heavy atom. The monoisotopic (exact) mass is 428 g/mol. The molecule has 0 aliphatic heterocycles. The van der Waals surface area contributed by atoms with E-state index in [0.717, 1.165) is 12.0 Å². The molecule has 31 heavy (non-hydrogen) atoms. The largest absolute Gasteiger partial charge is 0.508 e. The van der Waals surface area contributed by atoms with Gasteiger partial charge < -0.3 is 15.0 Å². The fourth-order valence-corrected chi connectivity index (χ4v) is 3.48. The van der Waals surface area contributed by atoms with Crippen LogP contribution >= 0.6 is 0 Å². The number of hydrogen-bond donors (Lipinski definition) is 2. The van der Waals surface area contributed by atoms with Crippen LogP contribution < -0.4 is 0 Å². The summed E-state index contributed by atoms with van der Waals surface area (Å²) >= 11 is 0. The van der Waals surface area contributed by atoms with Gasteiger partial charge in [0.15, 0.2) is 0 Å². The van der Waals surface area contributed by atoms with Gasteiger partial charge in [-0.05, 0) is 36.6 Å². The second-order valence-corrected chi connectivity index (χ2v) is 7.96. The van der Waals surface area contributed by atoms with Gasteiger partial charge >= 0.3 is 0 Å². The molecule has 2 N–H and O–H groups in total. The molecule has 2 aromatic carbocycles. The number of hydrogen-bond acceptors (Lipinski definition) is 3. The van der Waals surface area contributed by atoms with Crippen LogP contribution in [0.5, 0.6) is 11.5 Å². The summed E-state index contributed by atoms with van der Waals surface area (Å²) in [5.74, 6) is 0.781. The van der Waals surface area contributed by atoms with E-state index in [1.54, 1.807) is 30.3 Å². The minimum Gasteiger partial charge on any atom is -0.508 e. The number of aryl methyl sites for hydroxylation is 1. The fraction of sp³-hybridized carbons (Fsp3) is 0.536. The third-order valence-corrected chi connectivity index (χ3v) is 5.30. The molecule has 0 radical (unpaired) electrons. The molecule has 0 heterocycles. The van der Waals surface area contributed by atoms with E-state index >= 15 is 0 Å². The van der Waals surface area contributed by atoms with E-state index in [4.69, 9.17) is 9.90 Å². The molecule has 0 unspecified atom stereocenters. The number of phenolic OH excluding ortho intramolecular Hbond substituents is 2. The summed E-state index contributed by atoms with van der Waals surface area (Å²) in [5, 5.41) is 18.3. The van der Waals surface area contributed by atoms with Gasteiger partial charge in [0.25, 0.3) is 0 Å². The first-order valence-corrected chi connectivity index (χ1v) is 12.0. The highest BCUT2D eigenvalue weighted by Crippen LogP contribution is 2.19. The fourth-order valence-electron chi connectivity index (χ4n) is 3.48. The quantitative estimate of drug-likeness (QED) is 0.298. The highest BCUT2D eigenvalue weighted by Gasteiger charge is 1.99. The number of carbonyl (C=O) groups excluding carboxylic acids is 1. The second-order valence-electron chi connectivity index (χ2n) is 7.96. The van der Waals surface area contributed by atoms with Gasteiger partial charge in [0, 0.05) is 0 Å². The highest BCUT2D eigenvalue weighted by atomic mass is 16.3. The van der Waals surface area contributed by atoms with E-state index < -0.39 is 0 Å². The molecule has 3 heteroatoms. The molecule has 0 amide bonds. The molecule has 174 valence electrons. The van der Waals surface area contributed by atoms with Crippen LogP contribution in [0, 0.1) is 0 Å². The standard InChI is InChI=1S/C21H36O.C6H6O.CH2O/c1-2-3-4-5-6-7-8-9-10-11-12-13-14-17-20-18-15-16-19-21(20)22;7-6-4-2-1-3-5-6;1-2/h15-16,18-19,22H,2-14,17H2,1H3;1-5,7H;1H2. The SMILES string of the molecule is C=O.CCCCCCCCCCCCCCCc1ccccc1O.Oc1ccccc1. The summed E-state index contributed by atoms with van der Waals surface area (Å²) in [6.07, 6.45) is 19.1. The molecule has 0 bridgehead atoms. The van der Waals surface area contributed by atoms with Crippen molar-refractivity contribution in [2.75, 3.05) is 0 Å². The van der Waals surface area contributed by atoms with Crippen LogP contribution in [0.3, 0.4) is 0 Å². The lowest BCUT2D eigenvalue weighted by Crippen LogP contribution is -1.87. The summed E-state index contributed by atoms with van der Waals surface area (Å²) in [4.78, 5) is 8.00. The lowest BCUT2D eigenvalue weighted by Gasteiger charge is -2.05. The molecule has 0 saturated heterocycles. The lowest BCUT2D eigenvalue weighted by atomic mass is 10.0. The molecule has 0 saturated carbocycles. The number of rotatable bonds is 14. The van der Waals surface area contributed by atoms with Crippen molar-refractivity contribution in [1.29, 1.82) is 0 Å². The first-order chi connectivity index (χ1) is 15.2. The number of phenols is 2. The van der Waals surface area contributed by atoms with Gasteiger partial charge in [-0.25, -0.2) is 0 Å². The maximum absolute atomic E-state index is 9.70.